The van der Waals surface area contributed by atoms with Crippen LogP contribution in [0.4, 0.5) is 4.39 Å². The molecule has 0 spiro atoms. The van der Waals surface area contributed by atoms with Gasteiger partial charge in [0.05, 0.1) is 11.0 Å². The van der Waals surface area contributed by atoms with Gasteiger partial charge in [-0.1, -0.05) is 23.5 Å². The van der Waals surface area contributed by atoms with Crippen LogP contribution in [0.25, 0.3) is 10.4 Å². The highest BCUT2D eigenvalue weighted by atomic mass is 32.1. The molecule has 0 amide bonds. The lowest BCUT2D eigenvalue weighted by Gasteiger charge is -2.07. The largest absolute Gasteiger partial charge is 0.458 e. The number of aromatic nitrogens is 1. The third-order valence-corrected chi connectivity index (χ3v) is 3.23. The number of benzene rings is 1. The Morgan fingerprint density at radius 2 is 1.95 bits per heavy atom. The number of rotatable bonds is 3. The van der Waals surface area contributed by atoms with Gasteiger partial charge in [-0.25, -0.2) is 9.18 Å². The van der Waals surface area contributed by atoms with Gasteiger partial charge in [0, 0.05) is 0 Å². The molecule has 6 heteroatoms. The van der Waals surface area contributed by atoms with Crippen molar-refractivity contribution in [1.82, 2.24) is 4.98 Å². The summed E-state index contributed by atoms with van der Waals surface area (Å²) in [5.74, 6) is -0.967. The van der Waals surface area contributed by atoms with Gasteiger partial charge in [0.2, 0.25) is 0 Å². The lowest BCUT2D eigenvalue weighted by Crippen LogP contribution is -2.13. The zero-order valence-corrected chi connectivity index (χ0v) is 11.2. The highest BCUT2D eigenvalue weighted by molar-refractivity contribution is 7.13. The van der Waals surface area contributed by atoms with Crippen molar-refractivity contribution >= 4 is 17.3 Å². The van der Waals surface area contributed by atoms with Crippen LogP contribution >= 0.6 is 11.3 Å². The summed E-state index contributed by atoms with van der Waals surface area (Å²) in [6.07, 6.45) is -0.281. The molecule has 0 bridgehead atoms. The quantitative estimate of drug-likeness (QED) is 0.880. The summed E-state index contributed by atoms with van der Waals surface area (Å²) in [5.41, 5.74) is 0.704. The van der Waals surface area contributed by atoms with Crippen LogP contribution in [0.3, 0.4) is 0 Å². The summed E-state index contributed by atoms with van der Waals surface area (Å²) in [6, 6.07) is 5.58. The van der Waals surface area contributed by atoms with Crippen molar-refractivity contribution in [1.29, 1.82) is 0 Å². The average molecular weight is 281 g/mol. The lowest BCUT2D eigenvalue weighted by molar-refractivity contribution is 0.0372. The molecule has 1 N–H and O–H groups in total. The second kappa shape index (κ2) is 5.36. The van der Waals surface area contributed by atoms with Crippen molar-refractivity contribution in [3.63, 3.8) is 0 Å². The van der Waals surface area contributed by atoms with Crippen LogP contribution < -0.4 is 4.87 Å². The van der Waals surface area contributed by atoms with Gasteiger partial charge in [-0.3, -0.25) is 4.79 Å². The second-order valence-corrected chi connectivity index (χ2v) is 5.16. The number of aromatic amines is 1. The van der Waals surface area contributed by atoms with Gasteiger partial charge in [0.15, 0.2) is 0 Å². The Balaban J connectivity index is 2.44. The zero-order chi connectivity index (χ0) is 14.0. The molecule has 1 aromatic heterocycles. The van der Waals surface area contributed by atoms with Gasteiger partial charge in [0.1, 0.15) is 11.5 Å². The molecular weight excluding hydrogens is 269 g/mol. The first kappa shape index (κ1) is 13.5. The van der Waals surface area contributed by atoms with E-state index in [9.17, 15) is 14.0 Å². The van der Waals surface area contributed by atoms with E-state index < -0.39 is 5.97 Å². The Bertz CT molecular complexity index is 643. The topological polar surface area (TPSA) is 59.2 Å². The van der Waals surface area contributed by atoms with Gasteiger partial charge in [-0.2, -0.15) is 0 Å². The summed E-state index contributed by atoms with van der Waals surface area (Å²) in [5, 5.41) is 0. The van der Waals surface area contributed by atoms with Crippen molar-refractivity contribution in [2.24, 2.45) is 0 Å². The lowest BCUT2D eigenvalue weighted by atomic mass is 10.1. The number of hydrogen-bond donors (Lipinski definition) is 1. The summed E-state index contributed by atoms with van der Waals surface area (Å²) in [4.78, 5) is 25.9. The Hall–Kier alpha value is -1.95. The van der Waals surface area contributed by atoms with Crippen molar-refractivity contribution in [3.8, 4) is 10.4 Å². The van der Waals surface area contributed by atoms with Crippen LogP contribution in [0.15, 0.2) is 29.1 Å². The molecular formula is C13H12FNO3S. The molecule has 0 aliphatic carbocycles. The molecule has 1 heterocycles. The number of H-pyrrole nitrogens is 1. The molecule has 0 fully saturated rings. The zero-order valence-electron chi connectivity index (χ0n) is 10.4. The van der Waals surface area contributed by atoms with Crippen LogP contribution in [0, 0.1) is 5.82 Å². The predicted octanol–water partition coefficient (Wildman–Crippen LogP) is 2.81. The van der Waals surface area contributed by atoms with Gasteiger partial charge in [-0.05, 0) is 31.5 Å². The van der Waals surface area contributed by atoms with Crippen molar-refractivity contribution < 1.29 is 13.9 Å². The summed E-state index contributed by atoms with van der Waals surface area (Å²) in [7, 11) is 0. The smallest absolute Gasteiger partial charge is 0.356 e. The number of carbonyl (C=O) groups excluding carboxylic acids is 1. The fourth-order valence-electron chi connectivity index (χ4n) is 1.55. The Morgan fingerprint density at radius 3 is 2.53 bits per heavy atom. The van der Waals surface area contributed by atoms with Gasteiger partial charge < -0.3 is 9.72 Å². The van der Waals surface area contributed by atoms with Crippen molar-refractivity contribution in [2.45, 2.75) is 20.0 Å². The van der Waals surface area contributed by atoms with Gasteiger partial charge in [0.25, 0.3) is 0 Å². The van der Waals surface area contributed by atoms with Crippen LogP contribution in [0.1, 0.15) is 24.3 Å². The predicted molar refractivity (Wildman–Crippen MR) is 70.9 cm³/mol. The molecule has 0 saturated heterocycles. The Labute approximate surface area is 112 Å². The molecule has 0 aliphatic heterocycles. The third-order valence-electron chi connectivity index (χ3n) is 2.30. The van der Waals surface area contributed by atoms with E-state index in [0.29, 0.717) is 10.4 Å². The standard InChI is InChI=1S/C13H12FNO3S/c1-7(2)18-12(16)10-11(19-13(17)15-10)8-3-5-9(14)6-4-8/h3-7H,1-2H3,(H,15,17). The minimum atomic E-state index is -0.590. The van der Waals surface area contributed by atoms with Gasteiger partial charge >= 0.3 is 10.8 Å². The highest BCUT2D eigenvalue weighted by Crippen LogP contribution is 2.26. The number of thiazole rings is 1. The molecule has 0 aliphatic rings. The second-order valence-electron chi connectivity index (χ2n) is 4.18. The minimum absolute atomic E-state index is 0.107. The molecule has 0 radical (unpaired) electrons. The van der Waals surface area contributed by atoms with Gasteiger partial charge in [-0.15, -0.1) is 0 Å². The number of hydrogen-bond acceptors (Lipinski definition) is 4. The number of esters is 1. The first-order chi connectivity index (χ1) is 8.97. The fourth-order valence-corrected chi connectivity index (χ4v) is 2.38. The highest BCUT2D eigenvalue weighted by Gasteiger charge is 2.19. The fraction of sp³-hybridized carbons (Fsp3) is 0.231. The Kier molecular flexibility index (Phi) is 3.80. The van der Waals surface area contributed by atoms with E-state index in [-0.39, 0.29) is 22.5 Å². The summed E-state index contributed by atoms with van der Waals surface area (Å²) in [6.45, 7) is 3.44. The third kappa shape index (κ3) is 3.08. The number of nitrogens with one attached hydrogen (secondary N) is 1. The first-order valence-electron chi connectivity index (χ1n) is 5.67. The molecule has 2 aromatic rings. The summed E-state index contributed by atoms with van der Waals surface area (Å²) >= 11 is 0.894. The number of ether oxygens (including phenoxy) is 1. The van der Waals surface area contributed by atoms with E-state index in [0.717, 1.165) is 11.3 Å². The van der Waals surface area contributed by atoms with E-state index in [4.69, 9.17) is 4.74 Å². The molecule has 0 unspecified atom stereocenters. The van der Waals surface area contributed by atoms with E-state index in [2.05, 4.69) is 4.98 Å². The molecule has 0 atom stereocenters. The van der Waals surface area contributed by atoms with Crippen molar-refractivity contribution in [3.05, 3.63) is 45.4 Å². The van der Waals surface area contributed by atoms with Crippen LogP contribution in [-0.4, -0.2) is 17.1 Å². The van der Waals surface area contributed by atoms with Crippen LogP contribution in [0.5, 0.6) is 0 Å². The molecule has 2 rings (SSSR count). The molecule has 100 valence electrons. The SMILES string of the molecule is CC(C)OC(=O)c1[nH]c(=O)sc1-c1ccc(F)cc1. The molecule has 1 aromatic carbocycles. The molecule has 0 saturated carbocycles. The van der Waals surface area contributed by atoms with E-state index in [1.54, 1.807) is 13.8 Å². The van der Waals surface area contributed by atoms with E-state index >= 15 is 0 Å². The summed E-state index contributed by atoms with van der Waals surface area (Å²) < 4.78 is 17.9. The number of halogens is 1. The monoisotopic (exact) mass is 281 g/mol. The maximum Gasteiger partial charge on any atom is 0.356 e. The molecule has 4 nitrogen and oxygen atoms in total. The molecule has 19 heavy (non-hydrogen) atoms. The minimum Gasteiger partial charge on any atom is -0.458 e. The first-order valence-corrected chi connectivity index (χ1v) is 6.49. The maximum absolute atomic E-state index is 12.9. The normalized spacial score (nSPS) is 10.7. The van der Waals surface area contributed by atoms with Crippen molar-refractivity contribution in [2.75, 3.05) is 0 Å². The van der Waals surface area contributed by atoms with Crippen LogP contribution in [-0.2, 0) is 4.74 Å². The average Bonchev–Trinajstić information content (AvgIpc) is 2.71. The Morgan fingerprint density at radius 1 is 1.32 bits per heavy atom. The van der Waals surface area contributed by atoms with Crippen LogP contribution in [0.2, 0.25) is 0 Å². The number of carbonyl (C=O) groups is 1. The maximum atomic E-state index is 12.9. The van der Waals surface area contributed by atoms with E-state index in [1.165, 1.54) is 24.3 Å². The van der Waals surface area contributed by atoms with E-state index in [1.807, 2.05) is 0 Å².